The normalized spacial score (nSPS) is 12.3. The Morgan fingerprint density at radius 2 is 1.82 bits per heavy atom. The van der Waals surface area contributed by atoms with Crippen LogP contribution in [0, 0.1) is 6.92 Å². The van der Waals surface area contributed by atoms with Gasteiger partial charge in [0.2, 0.25) is 0 Å². The molecule has 1 atom stereocenters. The Balaban J connectivity index is 2.25. The fourth-order valence-electron chi connectivity index (χ4n) is 3.00. The van der Waals surface area contributed by atoms with Gasteiger partial charge in [0, 0.05) is 18.7 Å². The van der Waals surface area contributed by atoms with Gasteiger partial charge >= 0.3 is 0 Å². The Morgan fingerprint density at radius 1 is 1.18 bits per heavy atom. The van der Waals surface area contributed by atoms with E-state index in [1.54, 1.807) is 37.3 Å². The Hall–Kier alpha value is -2.54. The van der Waals surface area contributed by atoms with Crippen LogP contribution in [0.5, 0.6) is 5.75 Å². The number of carbonyl (C=O) groups is 1. The van der Waals surface area contributed by atoms with Gasteiger partial charge in [-0.3, -0.25) is 9.10 Å². The molecule has 0 saturated heterocycles. The number of methoxy groups -OCH3 is 1. The number of ether oxygens (including phenoxy) is 1. The first-order valence-electron chi connectivity index (χ1n) is 9.25. The van der Waals surface area contributed by atoms with Gasteiger partial charge in [0.05, 0.1) is 17.7 Å². The number of aryl methyl sites for hydroxylation is 1. The third-order valence-electron chi connectivity index (χ3n) is 4.62. The van der Waals surface area contributed by atoms with Gasteiger partial charge in [-0.2, -0.15) is 0 Å². The van der Waals surface area contributed by atoms with E-state index < -0.39 is 10.0 Å². The number of benzene rings is 2. The van der Waals surface area contributed by atoms with Crippen molar-refractivity contribution in [3.05, 3.63) is 53.6 Å². The minimum Gasteiger partial charge on any atom is -0.497 e. The molecule has 6 nitrogen and oxygen atoms in total. The predicted molar refractivity (Wildman–Crippen MR) is 112 cm³/mol. The lowest BCUT2D eigenvalue weighted by atomic mass is 10.1. The van der Waals surface area contributed by atoms with E-state index in [0.29, 0.717) is 22.6 Å². The summed E-state index contributed by atoms with van der Waals surface area (Å²) in [6.45, 7) is 5.83. The average molecular weight is 405 g/mol. The second-order valence-corrected chi connectivity index (χ2v) is 8.78. The lowest BCUT2D eigenvalue weighted by Gasteiger charge is -2.22. The van der Waals surface area contributed by atoms with Crippen molar-refractivity contribution in [1.82, 2.24) is 5.32 Å². The molecule has 0 aliphatic heterocycles. The number of nitrogens with zero attached hydrogens (tertiary/aromatic N) is 1. The molecule has 7 heteroatoms. The van der Waals surface area contributed by atoms with E-state index in [9.17, 15) is 13.2 Å². The molecule has 0 aliphatic rings. The standard InChI is InChI=1S/C21H28N2O4S/c1-6-7-16(3)22-21(24)17-8-13-20(15(2)14-17)23(4)28(25,26)19-11-9-18(27-5)10-12-19/h8-14,16H,6-7H2,1-5H3,(H,22,24)/t16-/m1/s1. The molecule has 1 N–H and O–H groups in total. The van der Waals surface area contributed by atoms with Crippen LogP contribution < -0.4 is 14.4 Å². The molecule has 152 valence electrons. The second-order valence-electron chi connectivity index (χ2n) is 6.81. The minimum atomic E-state index is -3.72. The quantitative estimate of drug-likeness (QED) is 0.727. The van der Waals surface area contributed by atoms with Crippen LogP contribution in [-0.2, 0) is 10.0 Å². The van der Waals surface area contributed by atoms with Crippen molar-refractivity contribution in [3.8, 4) is 5.75 Å². The van der Waals surface area contributed by atoms with Gasteiger partial charge in [-0.15, -0.1) is 0 Å². The number of anilines is 1. The Kier molecular flexibility index (Phi) is 7.07. The lowest BCUT2D eigenvalue weighted by molar-refractivity contribution is 0.0938. The summed E-state index contributed by atoms with van der Waals surface area (Å²) in [6.07, 6.45) is 1.90. The third-order valence-corrected chi connectivity index (χ3v) is 6.40. The molecule has 0 spiro atoms. The zero-order valence-corrected chi connectivity index (χ0v) is 17.8. The topological polar surface area (TPSA) is 75.7 Å². The molecule has 0 saturated carbocycles. The van der Waals surface area contributed by atoms with Gasteiger partial charge in [-0.25, -0.2) is 8.42 Å². The Bertz CT molecular complexity index is 924. The molecule has 1 amide bonds. The van der Waals surface area contributed by atoms with E-state index in [2.05, 4.69) is 12.2 Å². The fraction of sp³-hybridized carbons (Fsp3) is 0.381. The van der Waals surface area contributed by atoms with E-state index in [1.807, 2.05) is 6.92 Å². The number of hydrogen-bond acceptors (Lipinski definition) is 4. The van der Waals surface area contributed by atoms with Crippen LogP contribution in [0.4, 0.5) is 5.69 Å². The average Bonchev–Trinajstić information content (AvgIpc) is 2.67. The molecule has 0 bridgehead atoms. The van der Waals surface area contributed by atoms with Crippen LogP contribution in [0.25, 0.3) is 0 Å². The molecule has 2 rings (SSSR count). The number of sulfonamides is 1. The SMILES string of the molecule is CCC[C@@H](C)NC(=O)c1ccc(N(C)S(=O)(=O)c2ccc(OC)cc2)c(C)c1. The van der Waals surface area contributed by atoms with E-state index in [4.69, 9.17) is 4.74 Å². The summed E-state index contributed by atoms with van der Waals surface area (Å²) in [4.78, 5) is 12.6. The van der Waals surface area contributed by atoms with Gasteiger partial charge in [0.1, 0.15) is 5.75 Å². The van der Waals surface area contributed by atoms with Crippen LogP contribution in [0.15, 0.2) is 47.4 Å². The molecule has 0 radical (unpaired) electrons. The number of amides is 1. The zero-order chi connectivity index (χ0) is 20.9. The van der Waals surface area contributed by atoms with E-state index in [-0.39, 0.29) is 16.8 Å². The maximum atomic E-state index is 12.9. The zero-order valence-electron chi connectivity index (χ0n) is 17.0. The lowest BCUT2D eigenvalue weighted by Crippen LogP contribution is -2.32. The number of carbonyl (C=O) groups excluding carboxylic acids is 1. The van der Waals surface area contributed by atoms with Crippen molar-refractivity contribution in [1.29, 1.82) is 0 Å². The summed E-state index contributed by atoms with van der Waals surface area (Å²) in [7, 11) is -0.689. The minimum absolute atomic E-state index is 0.0932. The highest BCUT2D eigenvalue weighted by molar-refractivity contribution is 7.92. The monoisotopic (exact) mass is 404 g/mol. The first-order chi connectivity index (χ1) is 13.2. The summed E-state index contributed by atoms with van der Waals surface area (Å²) < 4.78 is 32.2. The van der Waals surface area contributed by atoms with Crippen molar-refractivity contribution in [2.45, 2.75) is 44.6 Å². The highest BCUT2D eigenvalue weighted by Crippen LogP contribution is 2.27. The predicted octanol–water partition coefficient (Wildman–Crippen LogP) is 3.75. The first kappa shape index (κ1) is 21.8. The molecule has 2 aromatic carbocycles. The first-order valence-corrected chi connectivity index (χ1v) is 10.7. The maximum absolute atomic E-state index is 12.9. The molecular weight excluding hydrogens is 376 g/mol. The summed E-state index contributed by atoms with van der Waals surface area (Å²) >= 11 is 0. The van der Waals surface area contributed by atoms with Crippen molar-refractivity contribution < 1.29 is 17.9 Å². The Morgan fingerprint density at radius 3 is 2.36 bits per heavy atom. The molecule has 28 heavy (non-hydrogen) atoms. The van der Waals surface area contributed by atoms with Gasteiger partial charge in [0.15, 0.2) is 0 Å². The Labute approximate surface area is 167 Å². The maximum Gasteiger partial charge on any atom is 0.264 e. The fourth-order valence-corrected chi connectivity index (χ4v) is 4.26. The number of nitrogens with one attached hydrogen (secondary N) is 1. The number of rotatable bonds is 8. The third kappa shape index (κ3) is 4.84. The highest BCUT2D eigenvalue weighted by atomic mass is 32.2. The second kappa shape index (κ2) is 9.10. The molecule has 0 unspecified atom stereocenters. The van der Waals surface area contributed by atoms with Gasteiger partial charge in [0.25, 0.3) is 15.9 Å². The molecule has 2 aromatic rings. The van der Waals surface area contributed by atoms with Gasteiger partial charge in [-0.05, 0) is 68.3 Å². The molecule has 0 fully saturated rings. The van der Waals surface area contributed by atoms with Crippen LogP contribution in [0.2, 0.25) is 0 Å². The van der Waals surface area contributed by atoms with Crippen LogP contribution >= 0.6 is 0 Å². The van der Waals surface area contributed by atoms with E-state index >= 15 is 0 Å². The highest BCUT2D eigenvalue weighted by Gasteiger charge is 2.23. The van der Waals surface area contributed by atoms with Crippen LogP contribution in [0.3, 0.4) is 0 Å². The van der Waals surface area contributed by atoms with E-state index in [0.717, 1.165) is 12.8 Å². The largest absolute Gasteiger partial charge is 0.497 e. The molecule has 0 aliphatic carbocycles. The summed E-state index contributed by atoms with van der Waals surface area (Å²) in [6, 6.07) is 11.4. The smallest absolute Gasteiger partial charge is 0.264 e. The van der Waals surface area contributed by atoms with Gasteiger partial charge in [-0.1, -0.05) is 13.3 Å². The summed E-state index contributed by atoms with van der Waals surface area (Å²) in [5.41, 5.74) is 1.74. The van der Waals surface area contributed by atoms with Crippen molar-refractivity contribution in [2.24, 2.45) is 0 Å². The molecule has 0 heterocycles. The van der Waals surface area contributed by atoms with Crippen molar-refractivity contribution >= 4 is 21.6 Å². The van der Waals surface area contributed by atoms with Crippen molar-refractivity contribution in [3.63, 3.8) is 0 Å². The summed E-state index contributed by atoms with van der Waals surface area (Å²) in [5.74, 6) is 0.432. The number of hydrogen-bond donors (Lipinski definition) is 1. The summed E-state index contributed by atoms with van der Waals surface area (Å²) in [5, 5.41) is 2.96. The van der Waals surface area contributed by atoms with Gasteiger partial charge < -0.3 is 10.1 Å². The molecule has 0 aromatic heterocycles. The van der Waals surface area contributed by atoms with Crippen LogP contribution in [0.1, 0.15) is 42.6 Å². The van der Waals surface area contributed by atoms with E-state index in [1.165, 1.54) is 30.6 Å². The van der Waals surface area contributed by atoms with Crippen LogP contribution in [-0.4, -0.2) is 34.5 Å². The molecular formula is C21H28N2O4S. The van der Waals surface area contributed by atoms with Crippen molar-refractivity contribution in [2.75, 3.05) is 18.5 Å².